The lowest BCUT2D eigenvalue weighted by atomic mass is 10.1. The fraction of sp³-hybridized carbons (Fsp3) is 0.176. The zero-order valence-corrected chi connectivity index (χ0v) is 14.7. The Morgan fingerprint density at radius 1 is 1.21 bits per heavy atom. The van der Waals surface area contributed by atoms with Gasteiger partial charge in [0.25, 0.3) is 11.8 Å². The number of aryl methyl sites for hydroxylation is 1. The molecule has 24 heavy (non-hydrogen) atoms. The van der Waals surface area contributed by atoms with Gasteiger partial charge in [-0.2, -0.15) is 0 Å². The van der Waals surface area contributed by atoms with Crippen molar-refractivity contribution in [3.8, 4) is 5.75 Å². The Morgan fingerprint density at radius 2 is 1.96 bits per heavy atom. The summed E-state index contributed by atoms with van der Waals surface area (Å²) in [5.74, 6) is -0.578. The summed E-state index contributed by atoms with van der Waals surface area (Å²) in [6, 6.07) is 8.92. The molecular weight excluding hydrogens is 379 g/mol. The standard InChI is InChI=1S/C17H16BrFN2O3/c1-10-7-11(17(23)20-2)3-5-14(10)21-16(22)9-24-15-6-4-12(19)8-13(15)18/h3-8H,9H2,1-2H3,(H,20,23)(H,21,22). The average Bonchev–Trinajstić information content (AvgIpc) is 2.55. The lowest BCUT2D eigenvalue weighted by Crippen LogP contribution is -2.21. The van der Waals surface area contributed by atoms with Gasteiger partial charge in [-0.25, -0.2) is 4.39 Å². The van der Waals surface area contributed by atoms with E-state index in [0.29, 0.717) is 21.5 Å². The number of rotatable bonds is 5. The highest BCUT2D eigenvalue weighted by Gasteiger charge is 2.10. The van der Waals surface area contributed by atoms with Crippen molar-refractivity contribution in [3.05, 3.63) is 57.8 Å². The molecule has 0 radical (unpaired) electrons. The van der Waals surface area contributed by atoms with E-state index in [1.165, 1.54) is 18.2 Å². The maximum Gasteiger partial charge on any atom is 0.262 e. The number of carbonyl (C=O) groups is 2. The van der Waals surface area contributed by atoms with Crippen LogP contribution in [0.5, 0.6) is 5.75 Å². The number of carbonyl (C=O) groups excluding carboxylic acids is 2. The molecule has 0 saturated carbocycles. The second-order valence-corrected chi connectivity index (χ2v) is 5.87. The van der Waals surface area contributed by atoms with Gasteiger partial charge < -0.3 is 15.4 Å². The van der Waals surface area contributed by atoms with Crippen molar-refractivity contribution in [3.63, 3.8) is 0 Å². The molecule has 0 unspecified atom stereocenters. The Hall–Kier alpha value is -2.41. The van der Waals surface area contributed by atoms with Crippen LogP contribution in [0.2, 0.25) is 0 Å². The second-order valence-electron chi connectivity index (χ2n) is 5.02. The molecule has 7 heteroatoms. The van der Waals surface area contributed by atoms with E-state index in [4.69, 9.17) is 4.74 Å². The molecule has 0 aliphatic heterocycles. The summed E-state index contributed by atoms with van der Waals surface area (Å²) < 4.78 is 18.8. The molecule has 0 aliphatic carbocycles. The SMILES string of the molecule is CNC(=O)c1ccc(NC(=O)COc2ccc(F)cc2Br)c(C)c1. The van der Waals surface area contributed by atoms with Gasteiger partial charge in [-0.15, -0.1) is 0 Å². The van der Waals surface area contributed by atoms with E-state index in [2.05, 4.69) is 26.6 Å². The number of hydrogen-bond donors (Lipinski definition) is 2. The number of anilines is 1. The molecule has 0 heterocycles. The minimum Gasteiger partial charge on any atom is -0.483 e. The highest BCUT2D eigenvalue weighted by Crippen LogP contribution is 2.25. The summed E-state index contributed by atoms with van der Waals surface area (Å²) in [4.78, 5) is 23.6. The summed E-state index contributed by atoms with van der Waals surface area (Å²) in [7, 11) is 1.55. The first-order chi connectivity index (χ1) is 11.4. The molecule has 0 atom stereocenters. The van der Waals surface area contributed by atoms with Crippen LogP contribution in [0, 0.1) is 12.7 Å². The van der Waals surface area contributed by atoms with Crippen LogP contribution in [0.25, 0.3) is 0 Å². The van der Waals surface area contributed by atoms with Gasteiger partial charge in [0.2, 0.25) is 0 Å². The van der Waals surface area contributed by atoms with E-state index >= 15 is 0 Å². The van der Waals surface area contributed by atoms with E-state index < -0.39 is 5.82 Å². The third-order valence-corrected chi connectivity index (χ3v) is 3.86. The lowest BCUT2D eigenvalue weighted by molar-refractivity contribution is -0.118. The number of nitrogens with one attached hydrogen (secondary N) is 2. The van der Waals surface area contributed by atoms with E-state index in [1.54, 1.807) is 32.2 Å². The molecule has 0 spiro atoms. The Bertz CT molecular complexity index is 780. The van der Waals surface area contributed by atoms with Gasteiger partial charge in [0.15, 0.2) is 6.61 Å². The summed E-state index contributed by atoms with van der Waals surface area (Å²) >= 11 is 3.17. The van der Waals surface area contributed by atoms with Crippen molar-refractivity contribution < 1.29 is 18.7 Å². The molecule has 0 fully saturated rings. The quantitative estimate of drug-likeness (QED) is 0.817. The molecule has 126 valence electrons. The van der Waals surface area contributed by atoms with Gasteiger partial charge in [-0.05, 0) is 64.8 Å². The van der Waals surface area contributed by atoms with Crippen LogP contribution in [-0.2, 0) is 4.79 Å². The molecule has 0 bridgehead atoms. The van der Waals surface area contributed by atoms with E-state index in [-0.39, 0.29) is 18.4 Å². The Labute approximate surface area is 147 Å². The van der Waals surface area contributed by atoms with Crippen molar-refractivity contribution in [1.29, 1.82) is 0 Å². The van der Waals surface area contributed by atoms with Gasteiger partial charge in [0, 0.05) is 18.3 Å². The molecule has 0 saturated heterocycles. The zero-order valence-electron chi connectivity index (χ0n) is 13.2. The molecule has 2 aromatic rings. The molecule has 0 aromatic heterocycles. The van der Waals surface area contributed by atoms with Crippen molar-refractivity contribution >= 4 is 33.4 Å². The van der Waals surface area contributed by atoms with Gasteiger partial charge in [-0.1, -0.05) is 0 Å². The minimum atomic E-state index is -0.398. The predicted octanol–water partition coefficient (Wildman–Crippen LogP) is 3.27. The molecule has 2 rings (SSSR count). The highest BCUT2D eigenvalue weighted by atomic mass is 79.9. The van der Waals surface area contributed by atoms with Gasteiger partial charge >= 0.3 is 0 Å². The first-order valence-electron chi connectivity index (χ1n) is 7.11. The third kappa shape index (κ3) is 4.55. The Balaban J connectivity index is 1.98. The van der Waals surface area contributed by atoms with Crippen LogP contribution in [0.4, 0.5) is 10.1 Å². The van der Waals surface area contributed by atoms with Gasteiger partial charge in [0.1, 0.15) is 11.6 Å². The summed E-state index contributed by atoms with van der Waals surface area (Å²) in [5, 5.41) is 5.25. The molecule has 5 nitrogen and oxygen atoms in total. The van der Waals surface area contributed by atoms with Crippen LogP contribution in [0.15, 0.2) is 40.9 Å². The third-order valence-electron chi connectivity index (χ3n) is 3.24. The summed E-state index contributed by atoms with van der Waals surface area (Å²) in [5.41, 5.74) is 1.86. The maximum absolute atomic E-state index is 13.0. The van der Waals surface area contributed by atoms with Crippen molar-refractivity contribution in [2.45, 2.75) is 6.92 Å². The van der Waals surface area contributed by atoms with Crippen LogP contribution in [-0.4, -0.2) is 25.5 Å². The van der Waals surface area contributed by atoms with E-state index in [9.17, 15) is 14.0 Å². The molecular formula is C17H16BrFN2O3. The van der Waals surface area contributed by atoms with Crippen molar-refractivity contribution in [2.75, 3.05) is 19.0 Å². The van der Waals surface area contributed by atoms with Crippen LogP contribution in [0.1, 0.15) is 15.9 Å². The average molecular weight is 395 g/mol. The van der Waals surface area contributed by atoms with Crippen LogP contribution >= 0.6 is 15.9 Å². The molecule has 2 amide bonds. The van der Waals surface area contributed by atoms with E-state index in [0.717, 1.165) is 5.56 Å². The second kappa shape index (κ2) is 7.92. The van der Waals surface area contributed by atoms with Crippen molar-refractivity contribution in [1.82, 2.24) is 5.32 Å². The number of ether oxygens (including phenoxy) is 1. The van der Waals surface area contributed by atoms with Gasteiger partial charge in [-0.3, -0.25) is 9.59 Å². The summed E-state index contributed by atoms with van der Waals surface area (Å²) in [6.07, 6.45) is 0. The smallest absolute Gasteiger partial charge is 0.262 e. The maximum atomic E-state index is 13.0. The predicted molar refractivity (Wildman–Crippen MR) is 92.8 cm³/mol. The number of hydrogen-bond acceptors (Lipinski definition) is 3. The minimum absolute atomic E-state index is 0.194. The topological polar surface area (TPSA) is 67.4 Å². The number of benzene rings is 2. The van der Waals surface area contributed by atoms with Gasteiger partial charge in [0.05, 0.1) is 4.47 Å². The van der Waals surface area contributed by atoms with Crippen molar-refractivity contribution in [2.24, 2.45) is 0 Å². The lowest BCUT2D eigenvalue weighted by Gasteiger charge is -2.11. The Morgan fingerprint density at radius 3 is 2.58 bits per heavy atom. The fourth-order valence-corrected chi connectivity index (χ4v) is 2.48. The molecule has 2 N–H and O–H groups in total. The summed E-state index contributed by atoms with van der Waals surface area (Å²) in [6.45, 7) is 1.57. The normalized spacial score (nSPS) is 10.2. The fourth-order valence-electron chi connectivity index (χ4n) is 2.01. The first-order valence-corrected chi connectivity index (χ1v) is 7.90. The number of amides is 2. The molecule has 2 aromatic carbocycles. The van der Waals surface area contributed by atoms with Crippen LogP contribution in [0.3, 0.4) is 0 Å². The number of halogens is 2. The monoisotopic (exact) mass is 394 g/mol. The Kier molecular flexibility index (Phi) is 5.92. The van der Waals surface area contributed by atoms with Crippen LogP contribution < -0.4 is 15.4 Å². The zero-order chi connectivity index (χ0) is 17.7. The molecule has 0 aliphatic rings. The highest BCUT2D eigenvalue weighted by molar-refractivity contribution is 9.10. The first kappa shape index (κ1) is 17.9. The van der Waals surface area contributed by atoms with E-state index in [1.807, 2.05) is 0 Å². The largest absolute Gasteiger partial charge is 0.483 e.